The van der Waals surface area contributed by atoms with E-state index in [0.717, 1.165) is 11.1 Å². The maximum atomic E-state index is 12.0. The first-order chi connectivity index (χ1) is 10.3. The van der Waals surface area contributed by atoms with Crippen LogP contribution in [0.4, 0.5) is 5.69 Å². The molecular formula is C15H15NO5S. The number of hydrogen-bond acceptors (Lipinski definition) is 5. The molecule has 0 spiro atoms. The minimum atomic E-state index is -3.82. The van der Waals surface area contributed by atoms with Gasteiger partial charge in [-0.25, -0.2) is 0 Å². The predicted molar refractivity (Wildman–Crippen MR) is 82.3 cm³/mol. The highest BCUT2D eigenvalue weighted by atomic mass is 32.2. The van der Waals surface area contributed by atoms with Crippen LogP contribution in [0.1, 0.15) is 16.7 Å². The minimum Gasteiger partial charge on any atom is -0.382 e. The van der Waals surface area contributed by atoms with Gasteiger partial charge in [0.25, 0.3) is 5.69 Å². The van der Waals surface area contributed by atoms with Crippen molar-refractivity contribution in [2.75, 3.05) is 0 Å². The Morgan fingerprint density at radius 1 is 1.05 bits per heavy atom. The van der Waals surface area contributed by atoms with Crippen molar-refractivity contribution >= 4 is 15.8 Å². The molecule has 0 radical (unpaired) electrons. The first-order valence-corrected chi connectivity index (χ1v) is 8.07. The molecule has 0 aliphatic carbocycles. The van der Waals surface area contributed by atoms with E-state index in [1.807, 2.05) is 13.8 Å². The number of hydrogen-bond donors (Lipinski definition) is 0. The molecule has 7 heteroatoms. The minimum absolute atomic E-state index is 0.0868. The highest BCUT2D eigenvalue weighted by Crippen LogP contribution is 2.20. The summed E-state index contributed by atoms with van der Waals surface area (Å²) in [6, 6.07) is 10.4. The van der Waals surface area contributed by atoms with Gasteiger partial charge in [-0.05, 0) is 42.7 Å². The first-order valence-electron chi connectivity index (χ1n) is 6.49. The fraction of sp³-hybridized carbons (Fsp3) is 0.200. The summed E-state index contributed by atoms with van der Waals surface area (Å²) in [6.07, 6.45) is 0. The molecule has 0 saturated carbocycles. The molecule has 0 aliphatic rings. The number of non-ortho nitro benzene ring substituents is 1. The highest BCUT2D eigenvalue weighted by Gasteiger charge is 2.15. The molecule has 0 saturated heterocycles. The van der Waals surface area contributed by atoms with E-state index in [9.17, 15) is 18.5 Å². The summed E-state index contributed by atoms with van der Waals surface area (Å²) in [7, 11) is -3.82. The molecule has 0 heterocycles. The van der Waals surface area contributed by atoms with E-state index in [1.54, 1.807) is 18.2 Å². The second-order valence-corrected chi connectivity index (χ2v) is 6.53. The highest BCUT2D eigenvalue weighted by molar-refractivity contribution is 7.86. The van der Waals surface area contributed by atoms with Crippen molar-refractivity contribution in [3.8, 4) is 5.75 Å². The van der Waals surface area contributed by atoms with Gasteiger partial charge in [-0.3, -0.25) is 10.1 Å². The number of nitro groups is 1. The van der Waals surface area contributed by atoms with Crippen molar-refractivity contribution in [3.63, 3.8) is 0 Å². The summed E-state index contributed by atoms with van der Waals surface area (Å²) in [6.45, 7) is 3.79. The van der Waals surface area contributed by atoms with Gasteiger partial charge in [0.1, 0.15) is 11.5 Å². The van der Waals surface area contributed by atoms with Crippen LogP contribution in [-0.2, 0) is 15.9 Å². The number of benzene rings is 2. The van der Waals surface area contributed by atoms with Crippen LogP contribution in [0.2, 0.25) is 0 Å². The quantitative estimate of drug-likeness (QED) is 0.480. The molecule has 0 aromatic heterocycles. The van der Waals surface area contributed by atoms with Crippen molar-refractivity contribution in [2.24, 2.45) is 0 Å². The van der Waals surface area contributed by atoms with Crippen molar-refractivity contribution in [3.05, 3.63) is 69.3 Å². The molecular weight excluding hydrogens is 306 g/mol. The maximum Gasteiger partial charge on any atom is 0.313 e. The largest absolute Gasteiger partial charge is 0.382 e. The molecule has 6 nitrogen and oxygen atoms in total. The van der Waals surface area contributed by atoms with Crippen LogP contribution in [-0.4, -0.2) is 13.3 Å². The van der Waals surface area contributed by atoms with Gasteiger partial charge in [0.15, 0.2) is 0 Å². The Kier molecular flexibility index (Phi) is 4.46. The Labute approximate surface area is 128 Å². The van der Waals surface area contributed by atoms with Gasteiger partial charge in [-0.15, -0.1) is 0 Å². The lowest BCUT2D eigenvalue weighted by Crippen LogP contribution is -2.12. The molecule has 2 rings (SSSR count). The molecule has 0 atom stereocenters. The summed E-state index contributed by atoms with van der Waals surface area (Å²) in [5.74, 6) is -0.0946. The third kappa shape index (κ3) is 4.05. The molecule has 22 heavy (non-hydrogen) atoms. The van der Waals surface area contributed by atoms with Crippen LogP contribution < -0.4 is 4.18 Å². The zero-order valence-electron chi connectivity index (χ0n) is 12.1. The molecule has 2 aromatic carbocycles. The van der Waals surface area contributed by atoms with Crippen molar-refractivity contribution in [1.29, 1.82) is 0 Å². The number of aryl methyl sites for hydroxylation is 2. The summed E-state index contributed by atoms with van der Waals surface area (Å²) in [5.41, 5.74) is 2.31. The van der Waals surface area contributed by atoms with Crippen LogP contribution in [0.25, 0.3) is 0 Å². The number of nitrogens with zero attached hydrogens (tertiary/aromatic N) is 1. The normalized spacial score (nSPS) is 11.2. The van der Waals surface area contributed by atoms with Gasteiger partial charge in [-0.1, -0.05) is 18.2 Å². The van der Waals surface area contributed by atoms with E-state index in [0.29, 0.717) is 5.56 Å². The van der Waals surface area contributed by atoms with E-state index in [-0.39, 0.29) is 17.2 Å². The average Bonchev–Trinajstić information content (AvgIpc) is 2.42. The fourth-order valence-electron chi connectivity index (χ4n) is 1.86. The summed E-state index contributed by atoms with van der Waals surface area (Å²) in [5, 5.41) is 10.6. The Hall–Kier alpha value is -2.41. The van der Waals surface area contributed by atoms with Crippen molar-refractivity contribution in [2.45, 2.75) is 19.6 Å². The third-order valence-electron chi connectivity index (χ3n) is 3.19. The van der Waals surface area contributed by atoms with E-state index in [4.69, 9.17) is 4.18 Å². The SMILES string of the molecule is Cc1ccc(OS(=O)(=O)Cc2ccc([N+](=O)[O-])cc2)cc1C. The van der Waals surface area contributed by atoms with Crippen molar-refractivity contribution < 1.29 is 17.5 Å². The molecule has 0 aliphatic heterocycles. The molecule has 0 bridgehead atoms. The monoisotopic (exact) mass is 321 g/mol. The summed E-state index contributed by atoms with van der Waals surface area (Å²) >= 11 is 0. The molecule has 116 valence electrons. The smallest absolute Gasteiger partial charge is 0.313 e. The lowest BCUT2D eigenvalue weighted by molar-refractivity contribution is -0.384. The maximum absolute atomic E-state index is 12.0. The number of nitro benzene ring substituents is 1. The average molecular weight is 321 g/mol. The van der Waals surface area contributed by atoms with Gasteiger partial charge >= 0.3 is 10.1 Å². The standard InChI is InChI=1S/C15H15NO5S/c1-11-3-8-15(9-12(11)2)21-22(19,20)10-13-4-6-14(7-5-13)16(17)18/h3-9H,10H2,1-2H3. The Bertz CT molecular complexity index is 797. The Morgan fingerprint density at radius 2 is 1.68 bits per heavy atom. The molecule has 0 N–H and O–H groups in total. The van der Waals surface area contributed by atoms with Crippen LogP contribution in [0.5, 0.6) is 5.75 Å². The molecule has 0 fully saturated rings. The number of rotatable bonds is 5. The lowest BCUT2D eigenvalue weighted by atomic mass is 10.1. The zero-order chi connectivity index (χ0) is 16.3. The summed E-state index contributed by atoms with van der Waals surface area (Å²) < 4.78 is 29.1. The van der Waals surface area contributed by atoms with E-state index in [1.165, 1.54) is 24.3 Å². The third-order valence-corrected chi connectivity index (χ3v) is 4.33. The van der Waals surface area contributed by atoms with Crippen LogP contribution in [0.15, 0.2) is 42.5 Å². The van der Waals surface area contributed by atoms with Crippen LogP contribution >= 0.6 is 0 Å². The van der Waals surface area contributed by atoms with Crippen molar-refractivity contribution in [1.82, 2.24) is 0 Å². The Morgan fingerprint density at radius 3 is 2.23 bits per heavy atom. The van der Waals surface area contributed by atoms with Gasteiger partial charge in [-0.2, -0.15) is 8.42 Å². The topological polar surface area (TPSA) is 86.5 Å². The van der Waals surface area contributed by atoms with E-state index < -0.39 is 15.0 Å². The fourth-order valence-corrected chi connectivity index (χ4v) is 2.92. The molecule has 0 unspecified atom stereocenters. The van der Waals surface area contributed by atoms with Crippen LogP contribution in [0.3, 0.4) is 0 Å². The lowest BCUT2D eigenvalue weighted by Gasteiger charge is -2.08. The van der Waals surface area contributed by atoms with Gasteiger partial charge in [0.2, 0.25) is 0 Å². The van der Waals surface area contributed by atoms with E-state index in [2.05, 4.69) is 0 Å². The predicted octanol–water partition coefficient (Wildman–Crippen LogP) is 3.12. The molecule has 0 amide bonds. The second kappa shape index (κ2) is 6.15. The second-order valence-electron chi connectivity index (χ2n) is 4.95. The zero-order valence-corrected chi connectivity index (χ0v) is 13.0. The van der Waals surface area contributed by atoms with Crippen LogP contribution in [0, 0.1) is 24.0 Å². The van der Waals surface area contributed by atoms with Gasteiger partial charge in [0.05, 0.1) is 4.92 Å². The van der Waals surface area contributed by atoms with Gasteiger partial charge < -0.3 is 4.18 Å². The molecule has 2 aromatic rings. The van der Waals surface area contributed by atoms with E-state index >= 15 is 0 Å². The summed E-state index contributed by atoms with van der Waals surface area (Å²) in [4.78, 5) is 10.0. The first kappa shape index (κ1) is 16.0. The Balaban J connectivity index is 2.13. The van der Waals surface area contributed by atoms with Gasteiger partial charge in [0, 0.05) is 12.1 Å².